The smallest absolute Gasteiger partial charge is 0.346 e. The van der Waals surface area contributed by atoms with E-state index >= 15 is 0 Å². The lowest BCUT2D eigenvalue weighted by Crippen LogP contribution is -2.55. The zero-order valence-electron chi connectivity index (χ0n) is 20.3. The van der Waals surface area contributed by atoms with Crippen molar-refractivity contribution in [3.8, 4) is 0 Å². The second-order valence-corrected chi connectivity index (χ2v) is 12.9. The predicted octanol–water partition coefficient (Wildman–Crippen LogP) is 6.30. The van der Waals surface area contributed by atoms with Crippen LogP contribution < -0.4 is 5.32 Å². The molecule has 1 aromatic carbocycles. The fourth-order valence-corrected chi connectivity index (χ4v) is 8.25. The summed E-state index contributed by atoms with van der Waals surface area (Å²) in [6.07, 6.45) is 0.704. The quantitative estimate of drug-likeness (QED) is 0.195. The van der Waals surface area contributed by atoms with Gasteiger partial charge < -0.3 is 4.74 Å². The minimum Gasteiger partial charge on any atom is -0.360 e. The maximum atomic E-state index is 14.7. The summed E-state index contributed by atoms with van der Waals surface area (Å²) in [4.78, 5) is 0. The first-order valence-corrected chi connectivity index (χ1v) is 15.4. The Morgan fingerprint density at radius 2 is 1.53 bits per heavy atom. The molecule has 0 aliphatic carbocycles. The fraction of sp³-hybridized carbons (Fsp3) is 0.739. The largest absolute Gasteiger partial charge is 0.360 e. The van der Waals surface area contributed by atoms with Crippen LogP contribution in [-0.2, 0) is 13.8 Å². The van der Waals surface area contributed by atoms with Crippen LogP contribution in [0.4, 0.5) is 0 Å². The number of hydrogen-bond acceptors (Lipinski definition) is 4. The van der Waals surface area contributed by atoms with Crippen molar-refractivity contribution in [2.45, 2.75) is 57.6 Å². The van der Waals surface area contributed by atoms with E-state index in [1.54, 1.807) is 9.34 Å². The highest BCUT2D eigenvalue weighted by atomic mass is 35.5. The van der Waals surface area contributed by atoms with Crippen LogP contribution in [0.25, 0.3) is 0 Å². The molecular formula is C23H38Cl4N3O3P. The molecule has 1 saturated heterocycles. The third-order valence-corrected chi connectivity index (χ3v) is 9.13. The van der Waals surface area contributed by atoms with Crippen molar-refractivity contribution in [3.63, 3.8) is 0 Å². The first-order valence-electron chi connectivity index (χ1n) is 11.7. The molecule has 11 heteroatoms. The first-order chi connectivity index (χ1) is 16.2. The highest BCUT2D eigenvalue weighted by Gasteiger charge is 2.42. The zero-order chi connectivity index (χ0) is 25.2. The molecule has 0 bridgehead atoms. The third kappa shape index (κ3) is 9.06. The number of benzene rings is 1. The minimum atomic E-state index is -3.60. The molecule has 1 fully saturated rings. The van der Waals surface area contributed by atoms with Crippen LogP contribution in [0.5, 0.6) is 0 Å². The number of alkyl halides is 4. The molecule has 3 atom stereocenters. The minimum absolute atomic E-state index is 0.0835. The maximum absolute atomic E-state index is 14.7. The molecule has 1 aliphatic rings. The predicted molar refractivity (Wildman–Crippen MR) is 145 cm³/mol. The van der Waals surface area contributed by atoms with Gasteiger partial charge in [0, 0.05) is 61.7 Å². The first kappa shape index (κ1) is 30.6. The Kier molecular flexibility index (Phi) is 13.5. The Morgan fingerprint density at radius 1 is 1.03 bits per heavy atom. The molecule has 6 nitrogen and oxygen atoms in total. The van der Waals surface area contributed by atoms with Crippen LogP contribution >= 0.6 is 54.1 Å². The van der Waals surface area contributed by atoms with Crippen molar-refractivity contribution in [3.05, 3.63) is 35.9 Å². The van der Waals surface area contributed by atoms with Gasteiger partial charge in [-0.15, -0.1) is 46.4 Å². The van der Waals surface area contributed by atoms with Crippen molar-refractivity contribution >= 4 is 54.1 Å². The van der Waals surface area contributed by atoms with Gasteiger partial charge >= 0.3 is 7.67 Å². The number of nitrogens with zero attached hydrogens (tertiary/aromatic N) is 2. The van der Waals surface area contributed by atoms with Gasteiger partial charge in [0.05, 0.1) is 12.2 Å². The fourth-order valence-electron chi connectivity index (χ4n) is 4.39. The van der Waals surface area contributed by atoms with Crippen LogP contribution in [0.1, 0.15) is 45.3 Å². The average Bonchev–Trinajstić information content (AvgIpc) is 2.77. The molecule has 34 heavy (non-hydrogen) atoms. The molecule has 0 saturated carbocycles. The van der Waals surface area contributed by atoms with Crippen molar-refractivity contribution in [1.29, 1.82) is 0 Å². The summed E-state index contributed by atoms with van der Waals surface area (Å²) in [7, 11) is -3.60. The molecule has 0 amide bonds. The summed E-state index contributed by atoms with van der Waals surface area (Å²) in [6, 6.07) is 9.80. The zero-order valence-corrected chi connectivity index (χ0v) is 24.2. The number of nitrogens with one attached hydrogen (secondary N) is 1. The lowest BCUT2D eigenvalue weighted by atomic mass is 9.94. The summed E-state index contributed by atoms with van der Waals surface area (Å²) in [6.45, 7) is 7.82. The van der Waals surface area contributed by atoms with E-state index in [-0.39, 0.29) is 41.4 Å². The molecular weight excluding hydrogens is 539 g/mol. The molecule has 0 radical (unpaired) electrons. The average molecular weight is 577 g/mol. The lowest BCUT2D eigenvalue weighted by molar-refractivity contribution is -0.102. The summed E-state index contributed by atoms with van der Waals surface area (Å²) in [5, 5.41) is 3.56. The molecule has 0 spiro atoms. The maximum Gasteiger partial charge on any atom is 0.346 e. The third-order valence-electron chi connectivity index (χ3n) is 5.70. The normalized spacial score (nSPS) is 21.8. The van der Waals surface area contributed by atoms with E-state index in [1.807, 2.05) is 30.3 Å². The van der Waals surface area contributed by atoms with Crippen molar-refractivity contribution in [2.75, 3.05) is 49.7 Å². The van der Waals surface area contributed by atoms with E-state index in [1.165, 1.54) is 0 Å². The van der Waals surface area contributed by atoms with Gasteiger partial charge in [-0.1, -0.05) is 30.3 Å². The summed E-state index contributed by atoms with van der Waals surface area (Å²) in [5.41, 5.74) is 0.831. The van der Waals surface area contributed by atoms with Gasteiger partial charge in [0.1, 0.15) is 6.23 Å². The molecule has 2 rings (SSSR count). The Morgan fingerprint density at radius 3 is 1.97 bits per heavy atom. The Labute approximate surface area is 225 Å². The molecule has 1 N–H and O–H groups in total. The van der Waals surface area contributed by atoms with E-state index in [4.69, 9.17) is 55.7 Å². The highest BCUT2D eigenvalue weighted by Crippen LogP contribution is 2.58. The van der Waals surface area contributed by atoms with Crippen molar-refractivity contribution in [1.82, 2.24) is 14.7 Å². The topological polar surface area (TPSA) is 54.0 Å². The standard InChI is InChI=1S/C23H38Cl4N3O3P/c1-19-18-23(2,3)28-22(32-19)17-21(20-7-5-4-6-8-20)33-34(31,29(13-9-24)14-10-25)30(15-11-26)16-12-27/h4-8,19,21-22,28H,9-18H2,1-3H3. The van der Waals surface area contributed by atoms with E-state index in [0.717, 1.165) is 12.0 Å². The van der Waals surface area contributed by atoms with Crippen LogP contribution in [0, 0.1) is 0 Å². The van der Waals surface area contributed by atoms with Crippen LogP contribution in [-0.4, -0.2) is 76.9 Å². The van der Waals surface area contributed by atoms with Crippen LogP contribution in [0.15, 0.2) is 30.3 Å². The van der Waals surface area contributed by atoms with Gasteiger partial charge in [0.15, 0.2) is 0 Å². The van der Waals surface area contributed by atoms with E-state index in [0.29, 0.717) is 32.6 Å². The summed E-state index contributed by atoms with van der Waals surface area (Å²) in [5.74, 6) is 1.15. The number of hydrogen-bond donors (Lipinski definition) is 1. The van der Waals surface area contributed by atoms with Gasteiger partial charge in [-0.25, -0.2) is 9.34 Å². The molecule has 1 aromatic rings. The molecule has 1 aliphatic heterocycles. The Balaban J connectivity index is 2.45. The second-order valence-electron chi connectivity index (χ2n) is 9.06. The van der Waals surface area contributed by atoms with Crippen molar-refractivity contribution < 1.29 is 13.8 Å². The SMILES string of the molecule is CC1CC(C)(C)NC(CC(OP(=O)(N(CCCl)CCCl)N(CCCl)CCCl)c2ccccc2)O1. The number of rotatable bonds is 15. The molecule has 196 valence electrons. The van der Waals surface area contributed by atoms with E-state index < -0.39 is 13.8 Å². The van der Waals surface area contributed by atoms with Gasteiger partial charge in [0.2, 0.25) is 0 Å². The monoisotopic (exact) mass is 575 g/mol. The Bertz CT molecular complexity index is 730. The summed E-state index contributed by atoms with van der Waals surface area (Å²) < 4.78 is 31.0. The van der Waals surface area contributed by atoms with Crippen molar-refractivity contribution in [2.24, 2.45) is 0 Å². The van der Waals surface area contributed by atoms with E-state index in [9.17, 15) is 4.57 Å². The van der Waals surface area contributed by atoms with Gasteiger partial charge in [-0.2, -0.15) is 0 Å². The second kappa shape index (κ2) is 15.0. The summed E-state index contributed by atoms with van der Waals surface area (Å²) >= 11 is 24.4. The highest BCUT2D eigenvalue weighted by molar-refractivity contribution is 7.54. The molecule has 3 unspecified atom stereocenters. The van der Waals surface area contributed by atoms with Gasteiger partial charge in [0.25, 0.3) is 0 Å². The van der Waals surface area contributed by atoms with Crippen LogP contribution in [0.2, 0.25) is 0 Å². The molecule has 1 heterocycles. The molecule has 0 aromatic heterocycles. The van der Waals surface area contributed by atoms with Crippen LogP contribution in [0.3, 0.4) is 0 Å². The number of ether oxygens (including phenoxy) is 1. The van der Waals surface area contributed by atoms with Gasteiger partial charge in [-0.3, -0.25) is 14.4 Å². The Hall–Kier alpha value is 0.410. The van der Waals surface area contributed by atoms with Gasteiger partial charge in [-0.05, 0) is 32.8 Å². The number of halogens is 4. The lowest BCUT2D eigenvalue weighted by Gasteiger charge is -2.43. The van der Waals surface area contributed by atoms with E-state index in [2.05, 4.69) is 26.1 Å².